The van der Waals surface area contributed by atoms with Gasteiger partial charge >= 0.3 is 0 Å². The fourth-order valence-corrected chi connectivity index (χ4v) is 4.91. The first-order chi connectivity index (χ1) is 16.9. The number of hydrogen-bond acceptors (Lipinski definition) is 6. The molecule has 1 atom stereocenters. The van der Waals surface area contributed by atoms with Crippen molar-refractivity contribution in [2.45, 2.75) is 40.2 Å². The van der Waals surface area contributed by atoms with Gasteiger partial charge in [0.1, 0.15) is 18.2 Å². The molecule has 0 fully saturated rings. The molecule has 1 aliphatic heterocycles. The van der Waals surface area contributed by atoms with Gasteiger partial charge in [0.15, 0.2) is 17.1 Å². The Morgan fingerprint density at radius 3 is 2.31 bits per heavy atom. The van der Waals surface area contributed by atoms with Crippen molar-refractivity contribution < 1.29 is 9.59 Å². The average molecular weight is 466 g/mol. The maximum absolute atomic E-state index is 13.1. The molecule has 1 aromatic carbocycles. The Balaban J connectivity index is 1.51. The maximum Gasteiger partial charge on any atom is 0.262 e. The van der Waals surface area contributed by atoms with Crippen molar-refractivity contribution in [3.8, 4) is 5.82 Å². The number of rotatable bonds is 4. The topological polar surface area (TPSA) is 98.3 Å². The first kappa shape index (κ1) is 21.2. The standard InChI is InChI=1S/C26H23N7O2/c1-5-19(33-25(34)17-8-6-7-9-18(17)26(33)35)22-29-24-21-15(3)16(4)32(20-12-14(2)10-11-27-20)23(21)28-13-31(24)30-22/h6-13,19H,5H2,1-4H3/t19-/m1/s1. The molecule has 1 aliphatic rings. The summed E-state index contributed by atoms with van der Waals surface area (Å²) in [5.74, 6) is 0.566. The van der Waals surface area contributed by atoms with Crippen LogP contribution in [0, 0.1) is 20.8 Å². The fourth-order valence-electron chi connectivity index (χ4n) is 4.91. The number of fused-ring (bicyclic) bond motifs is 4. The monoisotopic (exact) mass is 465 g/mol. The summed E-state index contributed by atoms with van der Waals surface area (Å²) in [7, 11) is 0. The predicted octanol–water partition coefficient (Wildman–Crippen LogP) is 4.14. The molecule has 0 N–H and O–H groups in total. The first-order valence-electron chi connectivity index (χ1n) is 11.5. The van der Waals surface area contributed by atoms with Crippen LogP contribution >= 0.6 is 0 Å². The number of imide groups is 1. The minimum atomic E-state index is -0.584. The lowest BCUT2D eigenvalue weighted by atomic mass is 10.1. The molecule has 5 aromatic rings. The number of aryl methyl sites for hydroxylation is 2. The van der Waals surface area contributed by atoms with Gasteiger partial charge in [0.2, 0.25) is 0 Å². The third kappa shape index (κ3) is 2.94. The molecule has 9 nitrogen and oxygen atoms in total. The predicted molar refractivity (Wildman–Crippen MR) is 130 cm³/mol. The lowest BCUT2D eigenvalue weighted by Gasteiger charge is -2.22. The van der Waals surface area contributed by atoms with Gasteiger partial charge < -0.3 is 0 Å². The highest BCUT2D eigenvalue weighted by Crippen LogP contribution is 2.34. The van der Waals surface area contributed by atoms with Crippen molar-refractivity contribution in [3.05, 3.63) is 82.7 Å². The first-order valence-corrected chi connectivity index (χ1v) is 11.5. The third-order valence-corrected chi connectivity index (χ3v) is 6.80. The number of aromatic nitrogens is 6. The summed E-state index contributed by atoms with van der Waals surface area (Å²) in [4.78, 5) is 41.6. The highest BCUT2D eigenvalue weighted by molar-refractivity contribution is 6.21. The van der Waals surface area contributed by atoms with E-state index in [4.69, 9.17) is 9.97 Å². The molecule has 6 rings (SSSR count). The van der Waals surface area contributed by atoms with Gasteiger partial charge in [0.25, 0.3) is 11.8 Å². The molecule has 5 heterocycles. The van der Waals surface area contributed by atoms with E-state index in [0.717, 1.165) is 33.7 Å². The van der Waals surface area contributed by atoms with Crippen molar-refractivity contribution in [1.29, 1.82) is 0 Å². The van der Waals surface area contributed by atoms with E-state index in [1.807, 2.05) is 44.4 Å². The smallest absolute Gasteiger partial charge is 0.262 e. The molecule has 174 valence electrons. The molecule has 0 saturated heterocycles. The van der Waals surface area contributed by atoms with E-state index < -0.39 is 6.04 Å². The van der Waals surface area contributed by atoms with Crippen LogP contribution in [0.2, 0.25) is 0 Å². The zero-order chi connectivity index (χ0) is 24.4. The molecule has 0 spiro atoms. The van der Waals surface area contributed by atoms with Crippen molar-refractivity contribution in [2.24, 2.45) is 0 Å². The number of carbonyl (C=O) groups is 2. The number of benzene rings is 1. The molecular formula is C26H23N7O2. The largest absolute Gasteiger partial charge is 0.282 e. The van der Waals surface area contributed by atoms with Gasteiger partial charge in [-0.3, -0.25) is 19.1 Å². The number of pyridine rings is 1. The second-order valence-corrected chi connectivity index (χ2v) is 8.87. The Morgan fingerprint density at radius 1 is 0.943 bits per heavy atom. The summed E-state index contributed by atoms with van der Waals surface area (Å²) in [6.07, 6.45) is 3.90. The molecule has 0 bridgehead atoms. The molecule has 0 saturated carbocycles. The number of carbonyl (C=O) groups excluding carboxylic acids is 2. The average Bonchev–Trinajstić information content (AvgIpc) is 3.47. The van der Waals surface area contributed by atoms with Crippen LogP contribution in [0.4, 0.5) is 0 Å². The Kier molecular flexibility index (Phi) is 4.57. The number of hydrogen-bond donors (Lipinski definition) is 0. The lowest BCUT2D eigenvalue weighted by molar-refractivity contribution is 0.0570. The lowest BCUT2D eigenvalue weighted by Crippen LogP contribution is -2.34. The molecule has 2 amide bonds. The van der Waals surface area contributed by atoms with Gasteiger partial charge in [0, 0.05) is 11.9 Å². The van der Waals surface area contributed by atoms with Crippen LogP contribution in [0.5, 0.6) is 0 Å². The summed E-state index contributed by atoms with van der Waals surface area (Å²) in [5.41, 5.74) is 5.33. The zero-order valence-electron chi connectivity index (χ0n) is 19.9. The van der Waals surface area contributed by atoms with Crippen molar-refractivity contribution in [1.82, 2.24) is 34.0 Å². The van der Waals surface area contributed by atoms with Crippen LogP contribution in [0.1, 0.15) is 62.7 Å². The summed E-state index contributed by atoms with van der Waals surface area (Å²) in [6.45, 7) is 8.01. The van der Waals surface area contributed by atoms with Crippen LogP contribution in [0.25, 0.3) is 22.5 Å². The van der Waals surface area contributed by atoms with Crippen LogP contribution in [0.3, 0.4) is 0 Å². The van der Waals surface area contributed by atoms with E-state index in [1.54, 1.807) is 41.3 Å². The fraction of sp³-hybridized carbons (Fsp3) is 0.231. The van der Waals surface area contributed by atoms with E-state index in [0.29, 0.717) is 29.0 Å². The minimum absolute atomic E-state index is 0.316. The van der Waals surface area contributed by atoms with Gasteiger partial charge in [-0.05, 0) is 62.6 Å². The Hall–Kier alpha value is -4.40. The van der Waals surface area contributed by atoms with Gasteiger partial charge in [-0.1, -0.05) is 19.1 Å². The van der Waals surface area contributed by atoms with Crippen LogP contribution < -0.4 is 0 Å². The molecule has 35 heavy (non-hydrogen) atoms. The molecule has 9 heteroatoms. The van der Waals surface area contributed by atoms with E-state index in [1.165, 1.54) is 4.90 Å². The summed E-state index contributed by atoms with van der Waals surface area (Å²) in [5, 5.41) is 5.51. The molecule has 0 aliphatic carbocycles. The Morgan fingerprint density at radius 2 is 1.66 bits per heavy atom. The van der Waals surface area contributed by atoms with Crippen LogP contribution in [-0.2, 0) is 0 Å². The maximum atomic E-state index is 13.1. The highest BCUT2D eigenvalue weighted by Gasteiger charge is 2.41. The van der Waals surface area contributed by atoms with E-state index in [9.17, 15) is 9.59 Å². The quantitative estimate of drug-likeness (QED) is 0.370. The van der Waals surface area contributed by atoms with E-state index in [-0.39, 0.29) is 11.8 Å². The molecule has 0 unspecified atom stereocenters. The summed E-state index contributed by atoms with van der Waals surface area (Å²) >= 11 is 0. The van der Waals surface area contributed by atoms with E-state index in [2.05, 4.69) is 10.1 Å². The zero-order valence-corrected chi connectivity index (χ0v) is 19.9. The number of amides is 2. The van der Waals surface area contributed by atoms with Gasteiger partial charge in [-0.2, -0.15) is 0 Å². The second kappa shape index (κ2) is 7.56. The van der Waals surface area contributed by atoms with Gasteiger partial charge in [-0.25, -0.2) is 19.5 Å². The summed E-state index contributed by atoms with van der Waals surface area (Å²) < 4.78 is 3.65. The molecule has 0 radical (unpaired) electrons. The molecular weight excluding hydrogens is 442 g/mol. The van der Waals surface area contributed by atoms with E-state index >= 15 is 0 Å². The normalized spacial score (nSPS) is 14.3. The van der Waals surface area contributed by atoms with Crippen LogP contribution in [0.15, 0.2) is 48.9 Å². The Bertz CT molecular complexity index is 1650. The van der Waals surface area contributed by atoms with Crippen LogP contribution in [-0.4, -0.2) is 45.8 Å². The minimum Gasteiger partial charge on any atom is -0.282 e. The molecule has 4 aromatic heterocycles. The van der Waals surface area contributed by atoms with Crippen molar-refractivity contribution >= 4 is 28.5 Å². The van der Waals surface area contributed by atoms with Crippen molar-refractivity contribution in [2.75, 3.05) is 0 Å². The Labute approximate surface area is 201 Å². The van der Waals surface area contributed by atoms with Gasteiger partial charge in [-0.15, -0.1) is 5.10 Å². The SMILES string of the molecule is CC[C@H](c1nc2c3c(C)c(C)n(-c4cc(C)ccn4)c3ncn2n1)N1C(=O)c2ccccc2C1=O. The number of nitrogens with zero attached hydrogens (tertiary/aromatic N) is 7. The van der Waals surface area contributed by atoms with Gasteiger partial charge in [0.05, 0.1) is 16.5 Å². The summed E-state index contributed by atoms with van der Waals surface area (Å²) in [6, 6.07) is 10.3. The van der Waals surface area contributed by atoms with Crippen molar-refractivity contribution in [3.63, 3.8) is 0 Å². The second-order valence-electron chi connectivity index (χ2n) is 8.87. The third-order valence-electron chi connectivity index (χ3n) is 6.80. The highest BCUT2D eigenvalue weighted by atomic mass is 16.2.